The Bertz CT molecular complexity index is 369. The van der Waals surface area contributed by atoms with Crippen molar-refractivity contribution in [1.29, 1.82) is 0 Å². The molecule has 0 spiro atoms. The van der Waals surface area contributed by atoms with Gasteiger partial charge in [0.1, 0.15) is 11.6 Å². The van der Waals surface area contributed by atoms with Crippen LogP contribution in [0.1, 0.15) is 54.6 Å². The summed E-state index contributed by atoms with van der Waals surface area (Å²) < 4.78 is 10.3. The fraction of sp³-hybridized carbons (Fsp3) is 0.833. The fourth-order valence-electron chi connectivity index (χ4n) is 1.42. The third kappa shape index (κ3) is 3.05. The second-order valence-electron chi connectivity index (χ2n) is 6.19. The molecule has 3 heteroatoms. The van der Waals surface area contributed by atoms with Crippen LogP contribution in [0.2, 0.25) is 0 Å². The van der Waals surface area contributed by atoms with E-state index in [0.717, 1.165) is 11.6 Å². The maximum absolute atomic E-state index is 8.33. The van der Waals surface area contributed by atoms with Crippen molar-refractivity contribution >= 4 is 0 Å². The first kappa shape index (κ1) is 10.7. The third-order valence-corrected chi connectivity index (χ3v) is 2.05. The van der Waals surface area contributed by atoms with Crippen LogP contribution in [0.25, 0.3) is 0 Å². The van der Waals surface area contributed by atoms with Gasteiger partial charge in [-0.15, -0.1) is 10.2 Å². The first-order valence-electron chi connectivity index (χ1n) is 5.97. The van der Waals surface area contributed by atoms with Crippen LogP contribution in [0.4, 0.5) is 0 Å². The van der Waals surface area contributed by atoms with Crippen molar-refractivity contribution in [3.63, 3.8) is 0 Å². The summed E-state index contributed by atoms with van der Waals surface area (Å²) in [5.74, 6) is 1.71. The number of hydrogen-bond donors (Lipinski definition) is 0. The van der Waals surface area contributed by atoms with Gasteiger partial charge in [0.25, 0.3) is 0 Å². The lowest BCUT2D eigenvalue weighted by atomic mass is 9.93. The molecular weight excluding hydrogens is 186 g/mol. The molecule has 1 unspecified atom stereocenters. The smallest absolute Gasteiger partial charge is 0.138 e. The molecule has 0 saturated carbocycles. The average Bonchev–Trinajstić information content (AvgIpc) is 2.43. The first-order chi connectivity index (χ1) is 7.05. The molecule has 0 aliphatic carbocycles. The summed E-state index contributed by atoms with van der Waals surface area (Å²) in [7, 11) is 0. The summed E-state index contributed by atoms with van der Waals surface area (Å²) in [6.45, 7) is 14.1. The van der Waals surface area contributed by atoms with E-state index in [1.54, 1.807) is 0 Å². The molecule has 0 N–H and O–H groups in total. The van der Waals surface area contributed by atoms with Crippen LogP contribution in [-0.2, 0) is 11.9 Å². The zero-order chi connectivity index (χ0) is 12.7. The van der Waals surface area contributed by atoms with E-state index >= 15 is 0 Å². The molecule has 0 aromatic carbocycles. The third-order valence-electron chi connectivity index (χ3n) is 2.05. The molecule has 86 valence electrons. The molecule has 3 nitrogen and oxygen atoms in total. The van der Waals surface area contributed by atoms with Gasteiger partial charge in [-0.1, -0.05) is 41.5 Å². The molecule has 1 heterocycles. The Hall–Kier alpha value is -0.860. The summed E-state index contributed by atoms with van der Waals surface area (Å²) in [5.41, 5.74) is -0.195. The molecule has 15 heavy (non-hydrogen) atoms. The molecule has 0 radical (unpaired) electrons. The van der Waals surface area contributed by atoms with E-state index in [0.29, 0.717) is 0 Å². The van der Waals surface area contributed by atoms with Crippen LogP contribution >= 0.6 is 0 Å². The van der Waals surface area contributed by atoms with Crippen LogP contribution in [0.5, 0.6) is 0 Å². The predicted octanol–water partition coefficient (Wildman–Crippen LogP) is 2.93. The summed E-state index contributed by atoms with van der Waals surface area (Å²) in [6, 6.07) is 0. The van der Waals surface area contributed by atoms with Gasteiger partial charge < -0.3 is 4.57 Å². The van der Waals surface area contributed by atoms with E-state index in [4.69, 9.17) is 1.37 Å². The number of nitrogens with zero attached hydrogens (tertiary/aromatic N) is 3. The number of hydrogen-bond acceptors (Lipinski definition) is 2. The molecule has 0 bridgehead atoms. The van der Waals surface area contributed by atoms with Gasteiger partial charge in [0, 0.05) is 11.9 Å². The highest BCUT2D eigenvalue weighted by molar-refractivity contribution is 5.05. The Morgan fingerprint density at radius 1 is 1.13 bits per heavy atom. The quantitative estimate of drug-likeness (QED) is 0.713. The van der Waals surface area contributed by atoms with Crippen molar-refractivity contribution in [3.05, 3.63) is 11.6 Å². The second-order valence-corrected chi connectivity index (χ2v) is 6.19. The van der Waals surface area contributed by atoms with Crippen molar-refractivity contribution in [1.82, 2.24) is 14.8 Å². The van der Waals surface area contributed by atoms with Gasteiger partial charge in [-0.2, -0.15) is 0 Å². The van der Waals surface area contributed by atoms with Gasteiger partial charge in [-0.05, 0) is 12.3 Å². The predicted molar refractivity (Wildman–Crippen MR) is 62.9 cm³/mol. The van der Waals surface area contributed by atoms with Crippen LogP contribution in [-0.4, -0.2) is 14.8 Å². The van der Waals surface area contributed by atoms with Gasteiger partial charge in [0.2, 0.25) is 0 Å². The highest BCUT2D eigenvalue weighted by Gasteiger charge is 2.24. The maximum atomic E-state index is 8.33. The Labute approximate surface area is 94.3 Å². The van der Waals surface area contributed by atoms with Crippen LogP contribution < -0.4 is 0 Å². The lowest BCUT2D eigenvalue weighted by molar-refractivity contribution is 0.323. The number of aromatic nitrogens is 3. The van der Waals surface area contributed by atoms with E-state index in [2.05, 4.69) is 51.7 Å². The van der Waals surface area contributed by atoms with Gasteiger partial charge in [-0.25, -0.2) is 0 Å². The van der Waals surface area contributed by atoms with Crippen molar-refractivity contribution < 1.29 is 1.37 Å². The topological polar surface area (TPSA) is 30.7 Å². The normalized spacial score (nSPS) is 16.3. The Morgan fingerprint density at radius 2 is 1.67 bits per heavy atom. The highest BCUT2D eigenvalue weighted by atomic mass is 15.3. The lowest BCUT2D eigenvalue weighted by Crippen LogP contribution is -2.24. The molecule has 0 saturated heterocycles. The largest absolute Gasteiger partial charge is 0.314 e. The lowest BCUT2D eigenvalue weighted by Gasteiger charge is -2.25. The first-order valence-corrected chi connectivity index (χ1v) is 5.39. The number of rotatable bonds is 1. The monoisotopic (exact) mass is 210 g/mol. The molecule has 0 amide bonds. The summed E-state index contributed by atoms with van der Waals surface area (Å²) in [5, 5.41) is 8.33. The molecular formula is C12H23N3. The van der Waals surface area contributed by atoms with Crippen LogP contribution in [0, 0.1) is 12.3 Å². The minimum Gasteiger partial charge on any atom is -0.314 e. The van der Waals surface area contributed by atoms with Crippen molar-refractivity contribution in [3.8, 4) is 0 Å². The van der Waals surface area contributed by atoms with E-state index in [1.807, 2.05) is 11.5 Å². The Morgan fingerprint density at radius 3 is 2.07 bits per heavy atom. The zero-order valence-electron chi connectivity index (χ0n) is 11.9. The summed E-state index contributed by atoms with van der Waals surface area (Å²) >= 11 is 0. The van der Waals surface area contributed by atoms with Crippen molar-refractivity contribution in [2.45, 2.75) is 60.4 Å². The standard InChI is InChI=1S/C12H23N3/c1-9-13-14-10(12(5,6)7)15(9)8-11(2,3)4/h8H2,1-7H3/i8D. The Kier molecular flexibility index (Phi) is 2.57. The average molecular weight is 210 g/mol. The van der Waals surface area contributed by atoms with Gasteiger partial charge in [-0.3, -0.25) is 0 Å². The van der Waals surface area contributed by atoms with Gasteiger partial charge in [0.05, 0.1) is 1.37 Å². The van der Waals surface area contributed by atoms with Gasteiger partial charge >= 0.3 is 0 Å². The second kappa shape index (κ2) is 3.62. The van der Waals surface area contributed by atoms with Crippen LogP contribution in [0.3, 0.4) is 0 Å². The molecule has 1 aromatic heterocycles. The van der Waals surface area contributed by atoms with Gasteiger partial charge in [0.15, 0.2) is 0 Å². The van der Waals surface area contributed by atoms with Crippen molar-refractivity contribution in [2.24, 2.45) is 5.41 Å². The minimum absolute atomic E-state index is 0.0776. The van der Waals surface area contributed by atoms with Crippen LogP contribution in [0.15, 0.2) is 0 Å². The maximum Gasteiger partial charge on any atom is 0.138 e. The summed E-state index contributed by atoms with van der Waals surface area (Å²) in [6.07, 6.45) is 0. The summed E-state index contributed by atoms with van der Waals surface area (Å²) in [4.78, 5) is 0. The molecule has 0 fully saturated rings. The Balaban J connectivity index is 3.28. The molecule has 0 aliphatic rings. The van der Waals surface area contributed by atoms with E-state index < -0.39 is 0 Å². The van der Waals surface area contributed by atoms with E-state index in [9.17, 15) is 0 Å². The molecule has 1 rings (SSSR count). The molecule has 1 atom stereocenters. The molecule has 1 aromatic rings. The highest BCUT2D eigenvalue weighted by Crippen LogP contribution is 2.25. The fourth-order valence-corrected chi connectivity index (χ4v) is 1.42. The van der Waals surface area contributed by atoms with E-state index in [1.165, 1.54) is 0 Å². The van der Waals surface area contributed by atoms with Crippen molar-refractivity contribution in [2.75, 3.05) is 0 Å². The van der Waals surface area contributed by atoms with E-state index in [-0.39, 0.29) is 17.4 Å². The number of aryl methyl sites for hydroxylation is 1. The zero-order valence-corrected chi connectivity index (χ0v) is 10.9. The molecule has 0 aliphatic heterocycles. The minimum atomic E-state index is -0.350. The SMILES string of the molecule is [2H]C(n1c(C)nnc1C(C)(C)C)C(C)(C)C.